The zero-order chi connectivity index (χ0) is 16.9. The number of hydrogen-bond acceptors (Lipinski definition) is 4. The van der Waals surface area contributed by atoms with E-state index in [9.17, 15) is 9.59 Å². The van der Waals surface area contributed by atoms with Crippen LogP contribution in [0.15, 0.2) is 48.5 Å². The molecular weight excluding hydrogens is 303 g/mol. The van der Waals surface area contributed by atoms with Crippen LogP contribution in [0.4, 0.5) is 0 Å². The van der Waals surface area contributed by atoms with Crippen molar-refractivity contribution in [2.75, 3.05) is 26.2 Å². The molecule has 0 aliphatic carbocycles. The van der Waals surface area contributed by atoms with E-state index in [0.29, 0.717) is 48.8 Å². The molecule has 1 fully saturated rings. The van der Waals surface area contributed by atoms with Crippen LogP contribution >= 0.6 is 0 Å². The number of carbonyl (C=O) groups excluding carboxylic acids is 2. The topological polar surface area (TPSA) is 49.9 Å². The van der Waals surface area contributed by atoms with Gasteiger partial charge in [-0.25, -0.2) is 0 Å². The number of amides is 1. The molecule has 5 nitrogen and oxygen atoms in total. The molecule has 1 aliphatic rings. The van der Waals surface area contributed by atoms with E-state index in [2.05, 4.69) is 0 Å². The standard InChI is InChI=1S/C18H17BN2O3/c19-21-11-9-20(10-12-21)18(23)14-5-7-16(8-6-14)24-17-4-2-1-3-15(17)13-22/h1-8,13H,9-12H2. The molecule has 0 saturated carbocycles. The molecule has 0 spiro atoms. The molecular formula is C18H17BN2O3. The Labute approximate surface area is 142 Å². The molecule has 2 aromatic rings. The van der Waals surface area contributed by atoms with E-state index in [4.69, 9.17) is 12.7 Å². The Morgan fingerprint density at radius 3 is 2.33 bits per heavy atom. The molecule has 2 radical (unpaired) electrons. The van der Waals surface area contributed by atoms with Crippen molar-refractivity contribution in [2.45, 2.75) is 0 Å². The minimum atomic E-state index is -0.0112. The number of ether oxygens (including phenoxy) is 1. The van der Waals surface area contributed by atoms with Gasteiger partial charge in [-0.2, -0.15) is 0 Å². The quantitative estimate of drug-likeness (QED) is 0.640. The minimum Gasteiger partial charge on any atom is -0.457 e. The molecule has 1 aliphatic heterocycles. The summed E-state index contributed by atoms with van der Waals surface area (Å²) >= 11 is 0. The highest BCUT2D eigenvalue weighted by Crippen LogP contribution is 2.24. The maximum Gasteiger partial charge on any atom is 0.253 e. The first kappa shape index (κ1) is 16.3. The molecule has 1 amide bonds. The lowest BCUT2D eigenvalue weighted by atomic mass is 10.1. The highest BCUT2D eigenvalue weighted by molar-refractivity contribution is 6.04. The number of carbonyl (C=O) groups is 2. The van der Waals surface area contributed by atoms with Crippen molar-refractivity contribution in [2.24, 2.45) is 0 Å². The summed E-state index contributed by atoms with van der Waals surface area (Å²) in [5.41, 5.74) is 1.09. The van der Waals surface area contributed by atoms with Crippen LogP contribution in [0.5, 0.6) is 11.5 Å². The van der Waals surface area contributed by atoms with Crippen LogP contribution in [0.1, 0.15) is 20.7 Å². The van der Waals surface area contributed by atoms with Gasteiger partial charge in [-0.3, -0.25) is 9.59 Å². The first-order chi connectivity index (χ1) is 11.7. The van der Waals surface area contributed by atoms with Crippen LogP contribution in [0, 0.1) is 0 Å². The van der Waals surface area contributed by atoms with E-state index >= 15 is 0 Å². The van der Waals surface area contributed by atoms with E-state index in [1.807, 2.05) is 0 Å². The predicted octanol–water partition coefficient (Wildman–Crippen LogP) is 2.13. The van der Waals surface area contributed by atoms with Gasteiger partial charge < -0.3 is 14.4 Å². The number of hydrogen-bond donors (Lipinski definition) is 0. The van der Waals surface area contributed by atoms with Crippen molar-refractivity contribution in [3.05, 3.63) is 59.7 Å². The molecule has 0 N–H and O–H groups in total. The third kappa shape index (κ3) is 3.66. The maximum atomic E-state index is 12.5. The number of rotatable bonds is 4. The van der Waals surface area contributed by atoms with Gasteiger partial charge in [-0.05, 0) is 36.4 Å². The highest BCUT2D eigenvalue weighted by atomic mass is 16.5. The van der Waals surface area contributed by atoms with E-state index in [1.54, 1.807) is 58.2 Å². The average Bonchev–Trinajstić information content (AvgIpc) is 2.63. The molecule has 24 heavy (non-hydrogen) atoms. The van der Waals surface area contributed by atoms with Crippen LogP contribution in [0.2, 0.25) is 0 Å². The summed E-state index contributed by atoms with van der Waals surface area (Å²) in [5.74, 6) is 1.06. The van der Waals surface area contributed by atoms with E-state index in [0.717, 1.165) is 6.29 Å². The van der Waals surface area contributed by atoms with Crippen molar-refractivity contribution in [3.63, 3.8) is 0 Å². The molecule has 2 aromatic carbocycles. The van der Waals surface area contributed by atoms with Crippen LogP contribution in [0.3, 0.4) is 0 Å². The summed E-state index contributed by atoms with van der Waals surface area (Å²) in [4.78, 5) is 27.0. The lowest BCUT2D eigenvalue weighted by Gasteiger charge is -2.32. The fourth-order valence-corrected chi connectivity index (χ4v) is 2.57. The lowest BCUT2D eigenvalue weighted by molar-refractivity contribution is 0.0699. The zero-order valence-corrected chi connectivity index (χ0v) is 13.2. The zero-order valence-electron chi connectivity index (χ0n) is 13.2. The van der Waals surface area contributed by atoms with Crippen LogP contribution in [-0.2, 0) is 0 Å². The van der Waals surface area contributed by atoms with Gasteiger partial charge in [0.15, 0.2) is 14.3 Å². The highest BCUT2D eigenvalue weighted by Gasteiger charge is 2.20. The largest absolute Gasteiger partial charge is 0.457 e. The van der Waals surface area contributed by atoms with Crippen molar-refractivity contribution >= 4 is 20.2 Å². The van der Waals surface area contributed by atoms with Gasteiger partial charge in [0.05, 0.1) is 5.56 Å². The monoisotopic (exact) mass is 320 g/mol. The number of nitrogens with zero attached hydrogens (tertiary/aromatic N) is 2. The van der Waals surface area contributed by atoms with Gasteiger partial charge in [-0.1, -0.05) is 12.1 Å². The molecule has 120 valence electrons. The molecule has 6 heteroatoms. The van der Waals surface area contributed by atoms with Gasteiger partial charge in [0.2, 0.25) is 0 Å². The van der Waals surface area contributed by atoms with Gasteiger partial charge >= 0.3 is 0 Å². The maximum absolute atomic E-state index is 12.5. The van der Waals surface area contributed by atoms with E-state index in [1.165, 1.54) is 0 Å². The van der Waals surface area contributed by atoms with Crippen molar-refractivity contribution in [1.29, 1.82) is 0 Å². The third-order valence-corrected chi connectivity index (χ3v) is 3.98. The average molecular weight is 320 g/mol. The van der Waals surface area contributed by atoms with Gasteiger partial charge in [0, 0.05) is 31.7 Å². The Balaban J connectivity index is 1.69. The van der Waals surface area contributed by atoms with E-state index in [-0.39, 0.29) is 5.91 Å². The predicted molar refractivity (Wildman–Crippen MR) is 91.6 cm³/mol. The van der Waals surface area contributed by atoms with Crippen LogP contribution < -0.4 is 4.74 Å². The number of benzene rings is 2. The second kappa shape index (κ2) is 7.32. The number of aldehydes is 1. The summed E-state index contributed by atoms with van der Waals surface area (Å²) in [6.07, 6.45) is 0.754. The molecule has 0 bridgehead atoms. The first-order valence-corrected chi connectivity index (χ1v) is 7.78. The summed E-state index contributed by atoms with van der Waals surface area (Å²) < 4.78 is 5.72. The van der Waals surface area contributed by atoms with Gasteiger partial charge in [0.1, 0.15) is 11.5 Å². The Bertz CT molecular complexity index is 725. The lowest BCUT2D eigenvalue weighted by Crippen LogP contribution is -2.47. The fourth-order valence-electron chi connectivity index (χ4n) is 2.57. The third-order valence-electron chi connectivity index (χ3n) is 3.98. The van der Waals surface area contributed by atoms with Crippen LogP contribution in [0.25, 0.3) is 0 Å². The first-order valence-electron chi connectivity index (χ1n) is 7.78. The van der Waals surface area contributed by atoms with Gasteiger partial charge in [0.25, 0.3) is 5.91 Å². The Morgan fingerprint density at radius 2 is 1.67 bits per heavy atom. The van der Waals surface area contributed by atoms with Crippen molar-refractivity contribution in [1.82, 2.24) is 9.71 Å². The molecule has 3 rings (SSSR count). The Hall–Kier alpha value is -2.60. The molecule has 0 aromatic heterocycles. The molecule has 1 saturated heterocycles. The SMILES string of the molecule is [B]N1CCN(C(=O)c2ccc(Oc3ccccc3C=O)cc2)CC1. The summed E-state index contributed by atoms with van der Waals surface area (Å²) in [5, 5.41) is 0. The summed E-state index contributed by atoms with van der Waals surface area (Å²) in [6, 6.07) is 13.9. The summed E-state index contributed by atoms with van der Waals surface area (Å²) in [6.45, 7) is 2.60. The molecule has 1 heterocycles. The minimum absolute atomic E-state index is 0.0112. The fraction of sp³-hybridized carbons (Fsp3) is 0.222. The number of para-hydroxylation sites is 1. The molecule has 0 unspecified atom stereocenters. The second-order valence-electron chi connectivity index (χ2n) is 5.61. The summed E-state index contributed by atoms with van der Waals surface area (Å²) in [7, 11) is 5.71. The van der Waals surface area contributed by atoms with Gasteiger partial charge in [-0.15, -0.1) is 0 Å². The number of piperazine rings is 1. The second-order valence-corrected chi connectivity index (χ2v) is 5.61. The smallest absolute Gasteiger partial charge is 0.253 e. The Kier molecular flexibility index (Phi) is 4.96. The van der Waals surface area contributed by atoms with Crippen molar-refractivity contribution in [3.8, 4) is 11.5 Å². The molecule has 0 atom stereocenters. The van der Waals surface area contributed by atoms with Crippen molar-refractivity contribution < 1.29 is 14.3 Å². The van der Waals surface area contributed by atoms with E-state index < -0.39 is 0 Å². The Morgan fingerprint density at radius 1 is 1.00 bits per heavy atom. The normalized spacial score (nSPS) is 15.1. The van der Waals surface area contributed by atoms with Crippen LogP contribution in [-0.4, -0.2) is 56.1 Å².